The number of hydrogen-bond donors (Lipinski definition) is 2. The fourth-order valence-corrected chi connectivity index (χ4v) is 3.03. The van der Waals surface area contributed by atoms with E-state index < -0.39 is 5.91 Å². The molecule has 1 aromatic rings. The van der Waals surface area contributed by atoms with Crippen LogP contribution in [0.25, 0.3) is 0 Å². The normalized spacial score (nSPS) is 15.6. The van der Waals surface area contributed by atoms with Crippen molar-refractivity contribution in [1.82, 2.24) is 9.88 Å². The molecular formula is C12H18N4O2S. The van der Waals surface area contributed by atoms with Crippen molar-refractivity contribution in [2.75, 3.05) is 12.3 Å². The summed E-state index contributed by atoms with van der Waals surface area (Å²) in [6, 6.07) is 0.135. The number of thiazole rings is 1. The lowest BCUT2D eigenvalue weighted by molar-refractivity contribution is -0.136. The van der Waals surface area contributed by atoms with Gasteiger partial charge in [-0.25, -0.2) is 4.98 Å². The van der Waals surface area contributed by atoms with Crippen LogP contribution < -0.4 is 11.5 Å². The third kappa shape index (κ3) is 3.66. The molecule has 1 saturated carbocycles. The van der Waals surface area contributed by atoms with E-state index in [1.165, 1.54) is 11.3 Å². The predicted molar refractivity (Wildman–Crippen MR) is 73.4 cm³/mol. The molecule has 0 radical (unpaired) electrons. The number of nitrogens with zero attached hydrogens (tertiary/aromatic N) is 2. The molecule has 0 spiro atoms. The van der Waals surface area contributed by atoms with Crippen LogP contribution in [-0.2, 0) is 16.0 Å². The molecule has 0 aliphatic heterocycles. The third-order valence-electron chi connectivity index (χ3n) is 3.31. The molecule has 19 heavy (non-hydrogen) atoms. The van der Waals surface area contributed by atoms with Crippen LogP contribution in [-0.4, -0.2) is 34.3 Å². The Morgan fingerprint density at radius 1 is 1.42 bits per heavy atom. The minimum absolute atomic E-state index is 0.0108. The number of rotatable bonds is 5. The molecule has 2 rings (SSSR count). The molecule has 6 nitrogen and oxygen atoms in total. The molecular weight excluding hydrogens is 264 g/mol. The summed E-state index contributed by atoms with van der Waals surface area (Å²) >= 11 is 1.31. The van der Waals surface area contributed by atoms with Crippen LogP contribution in [0.2, 0.25) is 0 Å². The van der Waals surface area contributed by atoms with E-state index in [0.29, 0.717) is 10.8 Å². The second kappa shape index (κ2) is 6.01. The van der Waals surface area contributed by atoms with Gasteiger partial charge < -0.3 is 16.4 Å². The third-order valence-corrected chi connectivity index (χ3v) is 4.04. The first-order chi connectivity index (χ1) is 9.06. The lowest BCUT2D eigenvalue weighted by Gasteiger charge is -2.27. The van der Waals surface area contributed by atoms with Crippen molar-refractivity contribution in [3.05, 3.63) is 11.1 Å². The molecule has 0 saturated heterocycles. The molecule has 1 aliphatic carbocycles. The number of nitrogens with two attached hydrogens (primary N) is 2. The maximum atomic E-state index is 12.3. The zero-order chi connectivity index (χ0) is 13.8. The first kappa shape index (κ1) is 13.8. The quantitative estimate of drug-likeness (QED) is 0.822. The molecule has 1 aliphatic rings. The maximum Gasteiger partial charge on any atom is 0.237 e. The van der Waals surface area contributed by atoms with Crippen molar-refractivity contribution >= 4 is 28.3 Å². The molecule has 4 N–H and O–H groups in total. The Bertz CT molecular complexity index is 468. The summed E-state index contributed by atoms with van der Waals surface area (Å²) in [6.45, 7) is -0.0108. The molecule has 0 unspecified atom stereocenters. The molecule has 0 bridgehead atoms. The summed E-state index contributed by atoms with van der Waals surface area (Å²) < 4.78 is 0. The standard InChI is InChI=1S/C12H18N4O2S/c13-10(17)6-16(9-3-1-2-4-9)11(18)5-8-7-19-12(14)15-8/h7,9H,1-6H2,(H2,13,17)(H2,14,15). The van der Waals surface area contributed by atoms with Gasteiger partial charge in [0.05, 0.1) is 18.7 Å². The summed E-state index contributed by atoms with van der Waals surface area (Å²) in [4.78, 5) is 29.1. The maximum absolute atomic E-state index is 12.3. The summed E-state index contributed by atoms with van der Waals surface area (Å²) in [6.07, 6.45) is 4.25. The number of carbonyl (C=O) groups excluding carboxylic acids is 2. The molecule has 0 aromatic carbocycles. The number of anilines is 1. The van der Waals surface area contributed by atoms with E-state index in [1.807, 2.05) is 0 Å². The van der Waals surface area contributed by atoms with Crippen molar-refractivity contribution in [3.63, 3.8) is 0 Å². The van der Waals surface area contributed by atoms with Crippen LogP contribution in [0.4, 0.5) is 5.13 Å². The molecule has 2 amide bonds. The number of hydrogen-bond acceptors (Lipinski definition) is 5. The minimum Gasteiger partial charge on any atom is -0.375 e. The SMILES string of the molecule is NC(=O)CN(C(=O)Cc1csc(N)n1)C1CCCC1. The van der Waals surface area contributed by atoms with Crippen LogP contribution in [0, 0.1) is 0 Å². The van der Waals surface area contributed by atoms with Gasteiger partial charge in [0.1, 0.15) is 0 Å². The zero-order valence-corrected chi connectivity index (χ0v) is 11.5. The van der Waals surface area contributed by atoms with Gasteiger partial charge in [0.25, 0.3) is 0 Å². The largest absolute Gasteiger partial charge is 0.375 e. The predicted octanol–water partition coefficient (Wildman–Crippen LogP) is 0.524. The fraction of sp³-hybridized carbons (Fsp3) is 0.583. The topological polar surface area (TPSA) is 102 Å². The van der Waals surface area contributed by atoms with E-state index in [9.17, 15) is 9.59 Å². The highest BCUT2D eigenvalue weighted by Gasteiger charge is 2.28. The van der Waals surface area contributed by atoms with E-state index in [1.54, 1.807) is 10.3 Å². The molecule has 104 valence electrons. The molecule has 0 atom stereocenters. The Hall–Kier alpha value is -1.63. The average molecular weight is 282 g/mol. The summed E-state index contributed by atoms with van der Waals surface area (Å²) in [5.41, 5.74) is 11.4. The monoisotopic (exact) mass is 282 g/mol. The van der Waals surface area contributed by atoms with Crippen molar-refractivity contribution in [3.8, 4) is 0 Å². The number of amides is 2. The van der Waals surface area contributed by atoms with Gasteiger partial charge in [-0.1, -0.05) is 12.8 Å². The lowest BCUT2D eigenvalue weighted by Crippen LogP contribution is -2.44. The summed E-state index contributed by atoms with van der Waals surface area (Å²) in [5, 5.41) is 2.22. The van der Waals surface area contributed by atoms with E-state index >= 15 is 0 Å². The van der Waals surface area contributed by atoms with Crippen molar-refractivity contribution < 1.29 is 9.59 Å². The highest BCUT2D eigenvalue weighted by Crippen LogP contribution is 2.24. The van der Waals surface area contributed by atoms with Crippen LogP contribution in [0.15, 0.2) is 5.38 Å². The number of primary amides is 1. The van der Waals surface area contributed by atoms with Gasteiger partial charge in [-0.05, 0) is 12.8 Å². The number of nitrogen functional groups attached to an aromatic ring is 1. The number of carbonyl (C=O) groups is 2. The Kier molecular flexibility index (Phi) is 4.36. The van der Waals surface area contributed by atoms with Gasteiger partial charge in [0, 0.05) is 11.4 Å². The van der Waals surface area contributed by atoms with Crippen LogP contribution in [0.1, 0.15) is 31.4 Å². The van der Waals surface area contributed by atoms with Crippen molar-refractivity contribution in [2.45, 2.75) is 38.1 Å². The second-order valence-corrected chi connectivity index (χ2v) is 5.67. The highest BCUT2D eigenvalue weighted by molar-refractivity contribution is 7.13. The van der Waals surface area contributed by atoms with Gasteiger partial charge in [0.15, 0.2) is 5.13 Å². The van der Waals surface area contributed by atoms with Gasteiger partial charge in [-0.15, -0.1) is 11.3 Å². The van der Waals surface area contributed by atoms with Crippen LogP contribution >= 0.6 is 11.3 Å². The number of aromatic nitrogens is 1. The molecule has 1 fully saturated rings. The van der Waals surface area contributed by atoms with Gasteiger partial charge in [-0.3, -0.25) is 9.59 Å². The van der Waals surface area contributed by atoms with Gasteiger partial charge in [-0.2, -0.15) is 0 Å². The fourth-order valence-electron chi connectivity index (χ4n) is 2.47. The zero-order valence-electron chi connectivity index (χ0n) is 10.7. The summed E-state index contributed by atoms with van der Waals surface area (Å²) in [5.74, 6) is -0.575. The Labute approximate surface area is 115 Å². The van der Waals surface area contributed by atoms with Crippen molar-refractivity contribution in [2.24, 2.45) is 5.73 Å². The Balaban J connectivity index is 2.04. The Morgan fingerprint density at radius 2 is 2.11 bits per heavy atom. The Morgan fingerprint density at radius 3 is 2.63 bits per heavy atom. The van der Waals surface area contributed by atoms with Gasteiger partial charge in [0.2, 0.25) is 11.8 Å². The first-order valence-corrected chi connectivity index (χ1v) is 7.22. The second-order valence-electron chi connectivity index (χ2n) is 4.78. The summed E-state index contributed by atoms with van der Waals surface area (Å²) in [7, 11) is 0. The van der Waals surface area contributed by atoms with Crippen LogP contribution in [0.3, 0.4) is 0 Å². The first-order valence-electron chi connectivity index (χ1n) is 6.34. The van der Waals surface area contributed by atoms with E-state index in [-0.39, 0.29) is 24.9 Å². The highest BCUT2D eigenvalue weighted by atomic mass is 32.1. The van der Waals surface area contributed by atoms with E-state index in [4.69, 9.17) is 11.5 Å². The molecule has 1 aromatic heterocycles. The minimum atomic E-state index is -0.474. The van der Waals surface area contributed by atoms with Gasteiger partial charge >= 0.3 is 0 Å². The lowest BCUT2D eigenvalue weighted by atomic mass is 10.2. The van der Waals surface area contributed by atoms with E-state index in [0.717, 1.165) is 25.7 Å². The van der Waals surface area contributed by atoms with E-state index in [2.05, 4.69) is 4.98 Å². The molecule has 7 heteroatoms. The smallest absolute Gasteiger partial charge is 0.237 e. The van der Waals surface area contributed by atoms with Crippen molar-refractivity contribution in [1.29, 1.82) is 0 Å². The molecule has 1 heterocycles. The average Bonchev–Trinajstić information content (AvgIpc) is 2.97. The van der Waals surface area contributed by atoms with Crippen LogP contribution in [0.5, 0.6) is 0 Å².